The molecule has 2 aromatic heterocycles. The van der Waals surface area contributed by atoms with Crippen molar-refractivity contribution in [2.75, 3.05) is 0 Å². The van der Waals surface area contributed by atoms with Gasteiger partial charge < -0.3 is 4.42 Å². The summed E-state index contributed by atoms with van der Waals surface area (Å²) in [6.07, 6.45) is 13.6. The molecule has 0 N–H and O–H groups in total. The van der Waals surface area contributed by atoms with Gasteiger partial charge in [0.15, 0.2) is 5.58 Å². The minimum Gasteiger partial charge on any atom is -0.436 e. The second-order valence-electron chi connectivity index (χ2n) is 12.0. The monoisotopic (exact) mass is 564 g/mol. The zero-order chi connectivity index (χ0) is 29.3. The highest BCUT2D eigenvalue weighted by molar-refractivity contribution is 6.12. The van der Waals surface area contributed by atoms with E-state index in [1.54, 1.807) is 0 Å². The number of oxazole rings is 1. The van der Waals surface area contributed by atoms with Gasteiger partial charge >= 0.3 is 0 Å². The van der Waals surface area contributed by atoms with Crippen LogP contribution in [0.1, 0.15) is 24.1 Å². The number of aromatic nitrogens is 2. The van der Waals surface area contributed by atoms with E-state index in [1.807, 2.05) is 24.3 Å². The Labute approximate surface area is 255 Å². The molecule has 0 bridgehead atoms. The molecule has 44 heavy (non-hydrogen) atoms. The first-order valence-corrected chi connectivity index (χ1v) is 15.1. The summed E-state index contributed by atoms with van der Waals surface area (Å²) in [7, 11) is 0. The highest BCUT2D eigenvalue weighted by Gasteiger charge is 2.37. The highest BCUT2D eigenvalue weighted by atomic mass is 16.3. The summed E-state index contributed by atoms with van der Waals surface area (Å²) in [5, 5.41) is 3.58. The lowest BCUT2D eigenvalue weighted by Crippen LogP contribution is -2.26. The molecule has 2 aliphatic rings. The first-order chi connectivity index (χ1) is 21.6. The number of nitrogens with zero attached hydrogens (tertiary/aromatic N) is 2. The van der Waals surface area contributed by atoms with E-state index in [-0.39, 0.29) is 11.3 Å². The quantitative estimate of drug-likeness (QED) is 0.200. The maximum atomic E-state index is 5.98. The van der Waals surface area contributed by atoms with E-state index >= 15 is 0 Å². The standard InChI is InChI=1S/C41H28N2O/c1-41-24-7-6-10-34(41)39-33(23-25-41)37(32-22-21-28-8-2-3-9-31(28)38(32)43-39)29-17-13-26(14-18-29)27-15-19-30(20-16-27)40-42-35-11-4-5-12-36(35)44-40/h2-25,34H,1H3. The normalized spacial score (nSPS) is 18.6. The van der Waals surface area contributed by atoms with Crippen molar-refractivity contribution in [2.45, 2.75) is 12.8 Å². The summed E-state index contributed by atoms with van der Waals surface area (Å²) in [4.78, 5) is 10.1. The molecule has 3 heteroatoms. The van der Waals surface area contributed by atoms with Gasteiger partial charge in [-0.25, -0.2) is 4.98 Å². The number of rotatable bonds is 3. The van der Waals surface area contributed by atoms with Gasteiger partial charge in [-0.3, -0.25) is 4.98 Å². The van der Waals surface area contributed by atoms with Crippen LogP contribution in [0.5, 0.6) is 0 Å². The molecule has 9 rings (SSSR count). The first-order valence-electron chi connectivity index (χ1n) is 15.1. The number of allylic oxidation sites excluding steroid dienone is 5. The molecule has 2 unspecified atom stereocenters. The van der Waals surface area contributed by atoms with Crippen molar-refractivity contribution >= 4 is 38.9 Å². The fourth-order valence-electron chi connectivity index (χ4n) is 6.94. The van der Waals surface area contributed by atoms with Gasteiger partial charge in [0.25, 0.3) is 0 Å². The predicted octanol–water partition coefficient (Wildman–Crippen LogP) is 10.8. The number of hydrogen-bond donors (Lipinski definition) is 0. The molecule has 7 aromatic rings. The molecule has 208 valence electrons. The summed E-state index contributed by atoms with van der Waals surface area (Å²) in [6.45, 7) is 2.30. The van der Waals surface area contributed by atoms with Crippen LogP contribution < -0.4 is 0 Å². The van der Waals surface area contributed by atoms with Crippen LogP contribution in [0.4, 0.5) is 0 Å². The van der Waals surface area contributed by atoms with Gasteiger partial charge in [-0.1, -0.05) is 128 Å². The zero-order valence-corrected chi connectivity index (χ0v) is 24.2. The van der Waals surface area contributed by atoms with Crippen molar-refractivity contribution in [1.29, 1.82) is 0 Å². The second kappa shape index (κ2) is 9.48. The minimum atomic E-state index is -0.0851. The van der Waals surface area contributed by atoms with Crippen molar-refractivity contribution in [3.63, 3.8) is 0 Å². The fourth-order valence-corrected chi connectivity index (χ4v) is 6.94. The van der Waals surface area contributed by atoms with Gasteiger partial charge in [0, 0.05) is 38.8 Å². The van der Waals surface area contributed by atoms with Crippen LogP contribution in [0, 0.1) is 5.41 Å². The Hall–Kier alpha value is -5.54. The molecule has 0 aliphatic heterocycles. The molecule has 0 radical (unpaired) electrons. The molecule has 0 saturated carbocycles. The van der Waals surface area contributed by atoms with Gasteiger partial charge in [0.1, 0.15) is 5.52 Å². The van der Waals surface area contributed by atoms with Crippen molar-refractivity contribution in [3.05, 3.63) is 151 Å². The van der Waals surface area contributed by atoms with E-state index in [9.17, 15) is 0 Å². The van der Waals surface area contributed by atoms with Gasteiger partial charge in [-0.15, -0.1) is 0 Å². The van der Waals surface area contributed by atoms with Crippen LogP contribution in [-0.4, -0.2) is 9.97 Å². The lowest BCUT2D eigenvalue weighted by molar-refractivity contribution is 0.472. The van der Waals surface area contributed by atoms with Crippen LogP contribution in [0.25, 0.3) is 72.6 Å². The van der Waals surface area contributed by atoms with Crippen LogP contribution in [0.2, 0.25) is 0 Å². The largest absolute Gasteiger partial charge is 0.436 e. The van der Waals surface area contributed by atoms with Gasteiger partial charge in [-0.05, 0) is 46.3 Å². The Kier molecular flexibility index (Phi) is 5.39. The van der Waals surface area contributed by atoms with E-state index in [0.717, 1.165) is 33.4 Å². The van der Waals surface area contributed by atoms with E-state index in [1.165, 1.54) is 38.4 Å². The topological polar surface area (TPSA) is 38.9 Å². The second-order valence-corrected chi connectivity index (χ2v) is 12.0. The van der Waals surface area contributed by atoms with Crippen molar-refractivity contribution < 1.29 is 4.42 Å². The van der Waals surface area contributed by atoms with E-state index in [0.29, 0.717) is 5.89 Å². The third kappa shape index (κ3) is 3.83. The summed E-state index contributed by atoms with van der Waals surface area (Å²) in [5.74, 6) is 0.830. The molecule has 3 nitrogen and oxygen atoms in total. The van der Waals surface area contributed by atoms with E-state index in [2.05, 4.69) is 133 Å². The molecule has 0 amide bonds. The van der Waals surface area contributed by atoms with Gasteiger partial charge in [0.2, 0.25) is 5.89 Å². The van der Waals surface area contributed by atoms with Crippen molar-refractivity contribution in [1.82, 2.24) is 9.97 Å². The van der Waals surface area contributed by atoms with E-state index in [4.69, 9.17) is 9.40 Å². The Bertz CT molecular complexity index is 2310. The van der Waals surface area contributed by atoms with Gasteiger partial charge in [-0.2, -0.15) is 0 Å². The summed E-state index contributed by atoms with van der Waals surface area (Å²) >= 11 is 0. The molecule has 0 spiro atoms. The lowest BCUT2D eigenvalue weighted by atomic mass is 9.68. The molecule has 2 aliphatic carbocycles. The molecule has 2 heterocycles. The molecule has 0 saturated heterocycles. The average molecular weight is 565 g/mol. The van der Waals surface area contributed by atoms with Crippen LogP contribution in [-0.2, 0) is 0 Å². The number of fused-ring (bicyclic) bond motifs is 7. The first kappa shape index (κ1) is 25.0. The third-order valence-electron chi connectivity index (χ3n) is 9.32. The van der Waals surface area contributed by atoms with Gasteiger partial charge in [0.05, 0.1) is 11.2 Å². The number of hydrogen-bond acceptors (Lipinski definition) is 3. The van der Waals surface area contributed by atoms with Crippen LogP contribution >= 0.6 is 0 Å². The zero-order valence-electron chi connectivity index (χ0n) is 24.2. The van der Waals surface area contributed by atoms with Crippen molar-refractivity contribution in [2.24, 2.45) is 5.41 Å². The summed E-state index contributed by atoms with van der Waals surface area (Å²) in [6, 6.07) is 38.3. The summed E-state index contributed by atoms with van der Waals surface area (Å²) in [5.41, 5.74) is 10.7. The molecular weight excluding hydrogens is 536 g/mol. The SMILES string of the molecule is CC12C=CC=CC1c1nc3c(ccc4ccccc43)c(-c3ccc(-c4ccc(-c5nc6ccccc6o5)cc4)cc3)c1C=C2. The van der Waals surface area contributed by atoms with Crippen LogP contribution in [0.3, 0.4) is 0 Å². The van der Waals surface area contributed by atoms with Crippen LogP contribution in [0.15, 0.2) is 144 Å². The fraction of sp³-hybridized carbons (Fsp3) is 0.0732. The predicted molar refractivity (Wildman–Crippen MR) is 181 cm³/mol. The Morgan fingerprint density at radius 3 is 2.18 bits per heavy atom. The number of para-hydroxylation sites is 2. The maximum Gasteiger partial charge on any atom is 0.227 e. The maximum absolute atomic E-state index is 5.98. The minimum absolute atomic E-state index is 0.0851. The Morgan fingerprint density at radius 2 is 1.36 bits per heavy atom. The lowest BCUT2D eigenvalue weighted by Gasteiger charge is -2.37. The third-order valence-corrected chi connectivity index (χ3v) is 9.32. The Balaban J connectivity index is 1.16. The number of pyridine rings is 1. The summed E-state index contributed by atoms with van der Waals surface area (Å²) < 4.78 is 5.98. The highest BCUT2D eigenvalue weighted by Crippen LogP contribution is 2.50. The molecule has 0 fully saturated rings. The van der Waals surface area contributed by atoms with E-state index < -0.39 is 0 Å². The smallest absolute Gasteiger partial charge is 0.227 e. The molecule has 5 aromatic carbocycles. The Morgan fingerprint density at radius 1 is 0.636 bits per heavy atom. The average Bonchev–Trinajstić information content (AvgIpc) is 3.52. The molecule has 2 atom stereocenters. The van der Waals surface area contributed by atoms with Crippen molar-refractivity contribution in [3.8, 4) is 33.7 Å². The number of benzene rings is 5. The molecular formula is C41H28N2O.